The largest absolute Gasteiger partial charge is 0.484 e. The second kappa shape index (κ2) is 7.14. The molecular formula is C18H18F3N3O. The molecule has 1 aliphatic rings. The summed E-state index contributed by atoms with van der Waals surface area (Å²) in [4.78, 5) is 4.37. The smallest absolute Gasteiger partial charge is 0.422 e. The summed E-state index contributed by atoms with van der Waals surface area (Å²) in [5, 5.41) is 1.63. The Morgan fingerprint density at radius 1 is 1.00 bits per heavy atom. The molecule has 0 radical (unpaired) electrons. The quantitative estimate of drug-likeness (QED) is 0.844. The van der Waals surface area contributed by atoms with E-state index in [0.29, 0.717) is 13.0 Å². The summed E-state index contributed by atoms with van der Waals surface area (Å²) in [5.74, 6) is 6.86. The number of nitrogens with zero attached hydrogens (tertiary/aromatic N) is 2. The Balaban J connectivity index is 1.60. The molecule has 2 aromatic carbocycles. The Bertz CT molecular complexity index is 740. The summed E-state index contributed by atoms with van der Waals surface area (Å²) in [7, 11) is 0. The minimum atomic E-state index is -4.33. The number of ether oxygens (including phenoxy) is 1. The molecule has 0 unspecified atom stereocenters. The molecule has 4 nitrogen and oxygen atoms in total. The molecule has 0 fully saturated rings. The molecule has 25 heavy (non-hydrogen) atoms. The van der Waals surface area contributed by atoms with E-state index in [1.165, 1.54) is 0 Å². The molecular weight excluding hydrogens is 331 g/mol. The Morgan fingerprint density at radius 3 is 2.12 bits per heavy atom. The molecule has 0 saturated carbocycles. The highest BCUT2D eigenvalue weighted by atomic mass is 19.4. The lowest BCUT2D eigenvalue weighted by Crippen LogP contribution is -2.34. The van der Waals surface area contributed by atoms with E-state index < -0.39 is 12.8 Å². The first-order valence-electron chi connectivity index (χ1n) is 7.85. The van der Waals surface area contributed by atoms with Crippen molar-refractivity contribution in [1.29, 1.82) is 0 Å². The number of nitrogens with two attached hydrogens (primary N) is 1. The Labute approximate surface area is 143 Å². The van der Waals surface area contributed by atoms with Crippen molar-refractivity contribution in [3.8, 4) is 5.75 Å². The SMILES string of the molecule is NN1CCN=C1c1ccc(Cc2ccc(OCC(F)(F)F)cc2)cc1. The number of benzene rings is 2. The number of hydrazine groups is 1. The average Bonchev–Trinajstić information content (AvgIpc) is 3.00. The van der Waals surface area contributed by atoms with E-state index in [4.69, 9.17) is 10.6 Å². The van der Waals surface area contributed by atoms with E-state index in [1.54, 1.807) is 29.3 Å². The fourth-order valence-corrected chi connectivity index (χ4v) is 2.59. The van der Waals surface area contributed by atoms with Crippen LogP contribution in [0.4, 0.5) is 13.2 Å². The van der Waals surface area contributed by atoms with Crippen LogP contribution in [0.15, 0.2) is 53.5 Å². The first-order chi connectivity index (χ1) is 11.9. The Morgan fingerprint density at radius 2 is 1.60 bits per heavy atom. The fraction of sp³-hybridized carbons (Fsp3) is 0.278. The second-order valence-corrected chi connectivity index (χ2v) is 5.82. The van der Waals surface area contributed by atoms with Crippen LogP contribution in [0.1, 0.15) is 16.7 Å². The molecule has 0 aromatic heterocycles. The van der Waals surface area contributed by atoms with Crippen LogP contribution < -0.4 is 10.6 Å². The second-order valence-electron chi connectivity index (χ2n) is 5.82. The van der Waals surface area contributed by atoms with Gasteiger partial charge in [-0.1, -0.05) is 36.4 Å². The Kier molecular flexibility index (Phi) is 4.94. The number of alkyl halides is 3. The van der Waals surface area contributed by atoms with Crippen LogP contribution in [-0.4, -0.2) is 36.7 Å². The maximum atomic E-state index is 12.1. The zero-order valence-electron chi connectivity index (χ0n) is 13.5. The van der Waals surface area contributed by atoms with Crippen molar-refractivity contribution >= 4 is 5.84 Å². The van der Waals surface area contributed by atoms with Crippen molar-refractivity contribution < 1.29 is 17.9 Å². The summed E-state index contributed by atoms with van der Waals surface area (Å²) < 4.78 is 41.1. The summed E-state index contributed by atoms with van der Waals surface area (Å²) in [6.07, 6.45) is -3.65. The highest BCUT2D eigenvalue weighted by Crippen LogP contribution is 2.20. The molecule has 7 heteroatoms. The molecule has 1 heterocycles. The Hall–Kier alpha value is -2.54. The number of rotatable bonds is 5. The van der Waals surface area contributed by atoms with Crippen molar-refractivity contribution in [2.24, 2.45) is 10.8 Å². The first-order valence-corrected chi connectivity index (χ1v) is 7.85. The minimum absolute atomic E-state index is 0.207. The van der Waals surface area contributed by atoms with Gasteiger partial charge in [-0.3, -0.25) is 10.0 Å². The zero-order chi connectivity index (χ0) is 17.9. The highest BCUT2D eigenvalue weighted by Gasteiger charge is 2.28. The summed E-state index contributed by atoms with van der Waals surface area (Å²) in [6, 6.07) is 14.6. The minimum Gasteiger partial charge on any atom is -0.484 e. The standard InChI is InChI=1S/C18H18F3N3O/c19-18(20,21)12-25-16-7-3-14(4-8-16)11-13-1-5-15(6-2-13)17-23-9-10-24(17)22/h1-8H,9-12,22H2. The molecule has 0 atom stereocenters. The number of hydrogen-bond acceptors (Lipinski definition) is 4. The van der Waals surface area contributed by atoms with Crippen LogP contribution in [0.5, 0.6) is 5.75 Å². The van der Waals surface area contributed by atoms with Gasteiger partial charge in [-0.2, -0.15) is 13.2 Å². The summed E-state index contributed by atoms with van der Waals surface area (Å²) in [6.45, 7) is 0.145. The van der Waals surface area contributed by atoms with Gasteiger partial charge in [0.1, 0.15) is 11.6 Å². The van der Waals surface area contributed by atoms with Gasteiger partial charge in [0.05, 0.1) is 13.1 Å². The predicted molar refractivity (Wildman–Crippen MR) is 89.5 cm³/mol. The van der Waals surface area contributed by atoms with Gasteiger partial charge in [-0.05, 0) is 29.7 Å². The van der Waals surface area contributed by atoms with Crippen molar-refractivity contribution in [2.75, 3.05) is 19.7 Å². The molecule has 0 saturated heterocycles. The lowest BCUT2D eigenvalue weighted by atomic mass is 10.0. The number of aliphatic imine (C=N–C) groups is 1. The number of halogens is 3. The van der Waals surface area contributed by atoms with Crippen LogP contribution in [0.2, 0.25) is 0 Å². The average molecular weight is 349 g/mol. The van der Waals surface area contributed by atoms with E-state index in [0.717, 1.165) is 29.1 Å². The molecule has 3 rings (SSSR count). The van der Waals surface area contributed by atoms with Gasteiger partial charge in [-0.25, -0.2) is 5.84 Å². The van der Waals surface area contributed by atoms with Crippen LogP contribution in [0.3, 0.4) is 0 Å². The van der Waals surface area contributed by atoms with E-state index in [9.17, 15) is 13.2 Å². The lowest BCUT2D eigenvalue weighted by molar-refractivity contribution is -0.153. The van der Waals surface area contributed by atoms with Crippen molar-refractivity contribution in [3.63, 3.8) is 0 Å². The third kappa shape index (κ3) is 4.73. The molecule has 2 N–H and O–H groups in total. The lowest BCUT2D eigenvalue weighted by Gasteiger charge is -2.13. The van der Waals surface area contributed by atoms with Crippen LogP contribution in [-0.2, 0) is 6.42 Å². The van der Waals surface area contributed by atoms with Gasteiger partial charge < -0.3 is 4.74 Å². The summed E-state index contributed by atoms with van der Waals surface area (Å²) >= 11 is 0. The highest BCUT2D eigenvalue weighted by molar-refractivity contribution is 5.99. The number of hydrogen-bond donors (Lipinski definition) is 1. The first kappa shape index (κ1) is 17.3. The predicted octanol–water partition coefficient (Wildman–Crippen LogP) is 3.15. The number of amidine groups is 1. The molecule has 0 bridgehead atoms. The van der Waals surface area contributed by atoms with E-state index in [-0.39, 0.29) is 5.75 Å². The zero-order valence-corrected chi connectivity index (χ0v) is 13.5. The van der Waals surface area contributed by atoms with Gasteiger partial charge >= 0.3 is 6.18 Å². The monoisotopic (exact) mass is 349 g/mol. The van der Waals surface area contributed by atoms with Crippen molar-refractivity contribution in [1.82, 2.24) is 5.01 Å². The van der Waals surface area contributed by atoms with E-state index in [1.807, 2.05) is 24.3 Å². The van der Waals surface area contributed by atoms with Gasteiger partial charge in [0.25, 0.3) is 0 Å². The van der Waals surface area contributed by atoms with Gasteiger partial charge in [0.2, 0.25) is 0 Å². The normalized spacial score (nSPS) is 14.6. The third-order valence-corrected chi connectivity index (χ3v) is 3.82. The maximum Gasteiger partial charge on any atom is 0.422 e. The topological polar surface area (TPSA) is 50.8 Å². The molecule has 0 aliphatic carbocycles. The van der Waals surface area contributed by atoms with Crippen LogP contribution >= 0.6 is 0 Å². The summed E-state index contributed by atoms with van der Waals surface area (Å²) in [5.41, 5.74) is 3.06. The van der Waals surface area contributed by atoms with E-state index >= 15 is 0 Å². The van der Waals surface area contributed by atoms with Crippen LogP contribution in [0, 0.1) is 0 Å². The molecule has 1 aliphatic heterocycles. The van der Waals surface area contributed by atoms with Crippen LogP contribution in [0.25, 0.3) is 0 Å². The third-order valence-electron chi connectivity index (χ3n) is 3.82. The van der Waals surface area contributed by atoms with E-state index in [2.05, 4.69) is 4.99 Å². The van der Waals surface area contributed by atoms with Gasteiger partial charge in [-0.15, -0.1) is 0 Å². The van der Waals surface area contributed by atoms with Crippen molar-refractivity contribution in [3.05, 3.63) is 65.2 Å². The van der Waals surface area contributed by atoms with Gasteiger partial charge in [0.15, 0.2) is 6.61 Å². The maximum absolute atomic E-state index is 12.1. The molecule has 0 spiro atoms. The molecule has 2 aromatic rings. The molecule has 132 valence electrons. The van der Waals surface area contributed by atoms with Gasteiger partial charge in [0, 0.05) is 5.56 Å². The fourth-order valence-electron chi connectivity index (χ4n) is 2.59. The van der Waals surface area contributed by atoms with Crippen molar-refractivity contribution in [2.45, 2.75) is 12.6 Å². The molecule has 0 amide bonds.